The molecule has 1 saturated carbocycles. The molecule has 1 aliphatic carbocycles. The normalized spacial score (nSPS) is 22.7. The van der Waals surface area contributed by atoms with E-state index in [1.54, 1.807) is 21.0 Å². The number of carbonyl (C=O) groups excluding carboxylic acids is 2. The number of methoxy groups -OCH3 is 1. The maximum absolute atomic E-state index is 13.4. The van der Waals surface area contributed by atoms with E-state index in [0.29, 0.717) is 29.2 Å². The highest BCUT2D eigenvalue weighted by Crippen LogP contribution is 2.45. The first-order valence-electron chi connectivity index (χ1n) is 11.4. The third-order valence-electron chi connectivity index (χ3n) is 6.72. The van der Waals surface area contributed by atoms with Crippen molar-refractivity contribution in [2.75, 3.05) is 7.11 Å². The van der Waals surface area contributed by atoms with E-state index in [9.17, 15) is 9.59 Å². The fourth-order valence-electron chi connectivity index (χ4n) is 4.68. The lowest BCUT2D eigenvalue weighted by atomic mass is 9.79. The van der Waals surface area contributed by atoms with Crippen molar-refractivity contribution in [3.05, 3.63) is 64.4 Å². The van der Waals surface area contributed by atoms with Crippen molar-refractivity contribution in [1.82, 2.24) is 5.32 Å². The van der Waals surface area contributed by atoms with Crippen molar-refractivity contribution in [2.24, 2.45) is 5.92 Å². The number of esters is 1. The summed E-state index contributed by atoms with van der Waals surface area (Å²) in [4.78, 5) is 26.1. The molecule has 6 heteroatoms. The minimum absolute atomic E-state index is 0.147. The molecule has 1 N–H and O–H groups in total. The van der Waals surface area contributed by atoms with Gasteiger partial charge in [-0.15, -0.1) is 0 Å². The second-order valence-electron chi connectivity index (χ2n) is 9.29. The first-order chi connectivity index (χ1) is 15.7. The summed E-state index contributed by atoms with van der Waals surface area (Å²) in [7, 11) is 1.71. The molecule has 1 heterocycles. The molecule has 1 fully saturated rings. The zero-order chi connectivity index (χ0) is 23.8. The summed E-state index contributed by atoms with van der Waals surface area (Å²) in [5.41, 5.74) is 3.44. The quantitative estimate of drug-likeness (QED) is 0.574. The molecule has 0 radical (unpaired) electrons. The number of hydrogen-bond acceptors (Lipinski definition) is 4. The van der Waals surface area contributed by atoms with Gasteiger partial charge >= 0.3 is 5.97 Å². The third-order valence-corrected chi connectivity index (χ3v) is 6.97. The molecule has 5 nitrogen and oxygen atoms in total. The van der Waals surface area contributed by atoms with Crippen LogP contribution in [0.3, 0.4) is 0 Å². The van der Waals surface area contributed by atoms with E-state index in [0.717, 1.165) is 35.1 Å². The standard InChI is InChI=1S/C27H30ClNO4/c1-16(2)26(31)33-24-23(25(30)29-27(24)13-11-21(32-4)12-14-27)22-15-19(6-5-17(22)3)18-7-9-20(28)10-8-18/h5-10,15-16,21H,11-14H2,1-4H3,(H,29,30). The summed E-state index contributed by atoms with van der Waals surface area (Å²) >= 11 is 6.06. The van der Waals surface area contributed by atoms with Gasteiger partial charge in [-0.05, 0) is 73.1 Å². The highest BCUT2D eigenvalue weighted by Gasteiger charge is 2.50. The Morgan fingerprint density at radius 2 is 1.73 bits per heavy atom. The topological polar surface area (TPSA) is 64.6 Å². The van der Waals surface area contributed by atoms with Crippen LogP contribution in [0.5, 0.6) is 0 Å². The molecule has 2 aromatic carbocycles. The van der Waals surface area contributed by atoms with E-state index in [-0.39, 0.29) is 23.9 Å². The summed E-state index contributed by atoms with van der Waals surface area (Å²) < 4.78 is 11.5. The number of amides is 1. The summed E-state index contributed by atoms with van der Waals surface area (Å²) in [5, 5.41) is 3.85. The number of rotatable bonds is 5. The van der Waals surface area contributed by atoms with E-state index >= 15 is 0 Å². The first kappa shape index (κ1) is 23.5. The average molecular weight is 468 g/mol. The molecule has 174 valence electrons. The monoisotopic (exact) mass is 467 g/mol. The summed E-state index contributed by atoms with van der Waals surface area (Å²) in [6.45, 7) is 5.57. The number of ether oxygens (including phenoxy) is 2. The van der Waals surface area contributed by atoms with Gasteiger partial charge in [0.1, 0.15) is 5.76 Å². The van der Waals surface area contributed by atoms with Crippen molar-refractivity contribution in [1.29, 1.82) is 0 Å². The van der Waals surface area contributed by atoms with Crippen LogP contribution in [0.4, 0.5) is 0 Å². The van der Waals surface area contributed by atoms with Crippen molar-refractivity contribution < 1.29 is 19.1 Å². The molecule has 33 heavy (non-hydrogen) atoms. The lowest BCUT2D eigenvalue weighted by Gasteiger charge is -2.38. The van der Waals surface area contributed by atoms with Crippen LogP contribution in [0, 0.1) is 12.8 Å². The number of halogens is 1. The Morgan fingerprint density at radius 3 is 2.33 bits per heavy atom. The summed E-state index contributed by atoms with van der Waals surface area (Å²) in [6.07, 6.45) is 3.05. The van der Waals surface area contributed by atoms with Gasteiger partial charge in [0.15, 0.2) is 0 Å². The maximum Gasteiger partial charge on any atom is 0.313 e. The van der Waals surface area contributed by atoms with E-state index in [4.69, 9.17) is 21.1 Å². The molecule has 1 spiro atoms. The SMILES string of the molecule is COC1CCC2(CC1)NC(=O)C(c1cc(-c3ccc(Cl)cc3)ccc1C)=C2OC(=O)C(C)C. The van der Waals surface area contributed by atoms with Crippen LogP contribution in [0.25, 0.3) is 16.7 Å². The zero-order valence-corrected chi connectivity index (χ0v) is 20.3. The van der Waals surface area contributed by atoms with Crippen molar-refractivity contribution in [3.8, 4) is 11.1 Å². The second kappa shape index (κ2) is 9.32. The van der Waals surface area contributed by atoms with Crippen molar-refractivity contribution in [3.63, 3.8) is 0 Å². The van der Waals surface area contributed by atoms with Gasteiger partial charge in [0.2, 0.25) is 0 Å². The second-order valence-corrected chi connectivity index (χ2v) is 9.72. The van der Waals surface area contributed by atoms with Gasteiger partial charge in [0.25, 0.3) is 5.91 Å². The third kappa shape index (κ3) is 4.57. The molecule has 0 bridgehead atoms. The first-order valence-corrected chi connectivity index (χ1v) is 11.8. The van der Waals surface area contributed by atoms with Gasteiger partial charge in [-0.3, -0.25) is 9.59 Å². The van der Waals surface area contributed by atoms with Gasteiger partial charge in [-0.1, -0.05) is 49.7 Å². The molecule has 4 rings (SSSR count). The van der Waals surface area contributed by atoms with Crippen LogP contribution in [-0.2, 0) is 19.1 Å². The number of nitrogens with one attached hydrogen (secondary N) is 1. The Bertz CT molecular complexity index is 1100. The number of aryl methyl sites for hydroxylation is 1. The highest BCUT2D eigenvalue weighted by molar-refractivity contribution is 6.30. The number of benzene rings is 2. The van der Waals surface area contributed by atoms with Crippen LogP contribution >= 0.6 is 11.6 Å². The van der Waals surface area contributed by atoms with Gasteiger partial charge in [0.05, 0.1) is 23.1 Å². The Balaban J connectivity index is 1.83. The molecule has 0 saturated heterocycles. The summed E-state index contributed by atoms with van der Waals surface area (Å²) in [5.74, 6) is -0.382. The molecule has 0 aromatic heterocycles. The average Bonchev–Trinajstić information content (AvgIpc) is 3.05. The summed E-state index contributed by atoms with van der Waals surface area (Å²) in [6, 6.07) is 13.6. The Morgan fingerprint density at radius 1 is 1.09 bits per heavy atom. The van der Waals surface area contributed by atoms with Crippen LogP contribution < -0.4 is 5.32 Å². The molecule has 1 aliphatic heterocycles. The number of carbonyl (C=O) groups is 2. The molecular formula is C27H30ClNO4. The van der Waals surface area contributed by atoms with Gasteiger partial charge in [0, 0.05) is 12.1 Å². The van der Waals surface area contributed by atoms with Crippen molar-refractivity contribution in [2.45, 2.75) is 58.1 Å². The molecule has 0 atom stereocenters. The smallest absolute Gasteiger partial charge is 0.313 e. The van der Waals surface area contributed by atoms with Gasteiger partial charge < -0.3 is 14.8 Å². The van der Waals surface area contributed by atoms with E-state index < -0.39 is 5.54 Å². The van der Waals surface area contributed by atoms with Crippen molar-refractivity contribution >= 4 is 29.1 Å². The molecule has 2 aliphatic rings. The molecule has 0 unspecified atom stereocenters. The molecular weight excluding hydrogens is 438 g/mol. The Kier molecular flexibility index (Phi) is 6.64. The lowest BCUT2D eigenvalue weighted by molar-refractivity contribution is -0.144. The van der Waals surface area contributed by atoms with Crippen LogP contribution in [-0.4, -0.2) is 30.6 Å². The fourth-order valence-corrected chi connectivity index (χ4v) is 4.80. The Hall–Kier alpha value is -2.63. The zero-order valence-electron chi connectivity index (χ0n) is 19.5. The molecule has 2 aromatic rings. The molecule has 1 amide bonds. The minimum Gasteiger partial charge on any atom is -0.427 e. The maximum atomic E-state index is 13.4. The van der Waals surface area contributed by atoms with E-state index in [2.05, 4.69) is 5.32 Å². The van der Waals surface area contributed by atoms with Crippen LogP contribution in [0.1, 0.15) is 50.7 Å². The van der Waals surface area contributed by atoms with E-state index in [1.807, 2.05) is 49.4 Å². The largest absolute Gasteiger partial charge is 0.427 e. The van der Waals surface area contributed by atoms with Crippen LogP contribution in [0.2, 0.25) is 5.02 Å². The number of hydrogen-bond donors (Lipinski definition) is 1. The predicted octanol–water partition coefficient (Wildman–Crippen LogP) is 5.68. The van der Waals surface area contributed by atoms with Gasteiger partial charge in [-0.2, -0.15) is 0 Å². The lowest BCUT2D eigenvalue weighted by Crippen LogP contribution is -2.49. The van der Waals surface area contributed by atoms with Crippen LogP contribution in [0.15, 0.2) is 48.2 Å². The minimum atomic E-state index is -0.686. The Labute approximate surface area is 200 Å². The predicted molar refractivity (Wildman–Crippen MR) is 130 cm³/mol. The van der Waals surface area contributed by atoms with E-state index in [1.165, 1.54) is 0 Å². The highest BCUT2D eigenvalue weighted by atomic mass is 35.5. The van der Waals surface area contributed by atoms with Gasteiger partial charge in [-0.25, -0.2) is 0 Å². The fraction of sp³-hybridized carbons (Fsp3) is 0.407.